The third-order valence-corrected chi connectivity index (χ3v) is 4.84. The first-order valence-electron chi connectivity index (χ1n) is 8.89. The number of hydrogen-bond acceptors (Lipinski definition) is 4. The number of aryl methyl sites for hydroxylation is 1. The molecule has 0 aromatic heterocycles. The molecule has 0 atom stereocenters. The Morgan fingerprint density at radius 1 is 0.840 bits per heavy atom. The lowest BCUT2D eigenvalue weighted by Crippen LogP contribution is -2.45. The molecule has 1 aliphatic heterocycles. The largest absolute Gasteiger partial charge is 0.497 e. The van der Waals surface area contributed by atoms with E-state index >= 15 is 0 Å². The van der Waals surface area contributed by atoms with Crippen molar-refractivity contribution in [3.8, 4) is 11.5 Å². The van der Waals surface area contributed by atoms with Crippen LogP contribution in [0, 0.1) is 6.92 Å². The SMILES string of the molecule is COc1ccc(OC)c(CN2CCN(Cc3cccc(C)c3)CC2)c1. The Bertz CT molecular complexity index is 694. The zero-order valence-electron chi connectivity index (χ0n) is 15.5. The standard InChI is InChI=1S/C21H28N2O2/c1-17-5-4-6-18(13-17)15-22-9-11-23(12-10-22)16-19-14-20(24-2)7-8-21(19)25-3/h4-8,13-14H,9-12,15-16H2,1-3H3. The predicted molar refractivity (Wildman–Crippen MR) is 101 cm³/mol. The molecule has 0 bridgehead atoms. The molecule has 0 spiro atoms. The normalized spacial score (nSPS) is 16.0. The summed E-state index contributed by atoms with van der Waals surface area (Å²) in [5.41, 5.74) is 3.93. The van der Waals surface area contributed by atoms with E-state index in [0.29, 0.717) is 0 Å². The van der Waals surface area contributed by atoms with Gasteiger partial charge in [-0.1, -0.05) is 29.8 Å². The van der Waals surface area contributed by atoms with Gasteiger partial charge in [-0.2, -0.15) is 0 Å². The van der Waals surface area contributed by atoms with Gasteiger partial charge in [0.2, 0.25) is 0 Å². The van der Waals surface area contributed by atoms with E-state index in [1.54, 1.807) is 14.2 Å². The van der Waals surface area contributed by atoms with Crippen LogP contribution in [0.2, 0.25) is 0 Å². The quantitative estimate of drug-likeness (QED) is 0.805. The van der Waals surface area contributed by atoms with E-state index in [0.717, 1.165) is 50.8 Å². The second-order valence-corrected chi connectivity index (χ2v) is 6.72. The van der Waals surface area contributed by atoms with E-state index in [2.05, 4.69) is 47.1 Å². The van der Waals surface area contributed by atoms with Crippen molar-refractivity contribution in [2.75, 3.05) is 40.4 Å². The Balaban J connectivity index is 1.56. The fourth-order valence-corrected chi connectivity index (χ4v) is 3.42. The van der Waals surface area contributed by atoms with Gasteiger partial charge in [-0.3, -0.25) is 9.80 Å². The molecule has 0 amide bonds. The topological polar surface area (TPSA) is 24.9 Å². The number of rotatable bonds is 6. The third kappa shape index (κ3) is 4.74. The van der Waals surface area contributed by atoms with Gasteiger partial charge in [0.15, 0.2) is 0 Å². The van der Waals surface area contributed by atoms with Crippen LogP contribution in [0.3, 0.4) is 0 Å². The summed E-state index contributed by atoms with van der Waals surface area (Å²) in [5.74, 6) is 1.82. The molecule has 0 saturated carbocycles. The Labute approximate surface area is 151 Å². The summed E-state index contributed by atoms with van der Waals surface area (Å²) < 4.78 is 10.9. The van der Waals surface area contributed by atoms with Gasteiger partial charge in [-0.05, 0) is 30.7 Å². The second kappa shape index (κ2) is 8.37. The van der Waals surface area contributed by atoms with Crippen molar-refractivity contribution in [1.29, 1.82) is 0 Å². The van der Waals surface area contributed by atoms with Gasteiger partial charge in [-0.15, -0.1) is 0 Å². The molecule has 0 radical (unpaired) electrons. The number of hydrogen-bond donors (Lipinski definition) is 0. The molecule has 25 heavy (non-hydrogen) atoms. The van der Waals surface area contributed by atoms with Crippen LogP contribution in [-0.2, 0) is 13.1 Å². The van der Waals surface area contributed by atoms with E-state index in [1.165, 1.54) is 16.7 Å². The second-order valence-electron chi connectivity index (χ2n) is 6.72. The highest BCUT2D eigenvalue weighted by molar-refractivity contribution is 5.40. The van der Waals surface area contributed by atoms with Crippen LogP contribution in [0.4, 0.5) is 0 Å². The maximum atomic E-state index is 5.51. The molecular weight excluding hydrogens is 312 g/mol. The molecule has 1 heterocycles. The van der Waals surface area contributed by atoms with E-state index in [9.17, 15) is 0 Å². The summed E-state index contributed by atoms with van der Waals surface area (Å²) in [6.07, 6.45) is 0. The molecule has 3 rings (SSSR count). The van der Waals surface area contributed by atoms with Crippen molar-refractivity contribution in [2.45, 2.75) is 20.0 Å². The highest BCUT2D eigenvalue weighted by Crippen LogP contribution is 2.25. The Hall–Kier alpha value is -2.04. The van der Waals surface area contributed by atoms with Gasteiger partial charge in [0, 0.05) is 44.8 Å². The Kier molecular flexibility index (Phi) is 5.95. The van der Waals surface area contributed by atoms with Gasteiger partial charge < -0.3 is 9.47 Å². The third-order valence-electron chi connectivity index (χ3n) is 4.84. The molecule has 0 unspecified atom stereocenters. The summed E-state index contributed by atoms with van der Waals surface area (Å²) >= 11 is 0. The maximum Gasteiger partial charge on any atom is 0.123 e. The maximum absolute atomic E-state index is 5.51. The number of methoxy groups -OCH3 is 2. The van der Waals surface area contributed by atoms with Gasteiger partial charge in [0.05, 0.1) is 14.2 Å². The van der Waals surface area contributed by atoms with Gasteiger partial charge in [0.1, 0.15) is 11.5 Å². The first kappa shape index (κ1) is 17.8. The first-order valence-corrected chi connectivity index (χ1v) is 8.89. The lowest BCUT2D eigenvalue weighted by molar-refractivity contribution is 0.121. The van der Waals surface area contributed by atoms with Crippen LogP contribution in [0.1, 0.15) is 16.7 Å². The molecule has 134 valence electrons. The molecule has 4 nitrogen and oxygen atoms in total. The van der Waals surface area contributed by atoms with Gasteiger partial charge in [-0.25, -0.2) is 0 Å². The van der Waals surface area contributed by atoms with E-state index in [4.69, 9.17) is 9.47 Å². The minimum atomic E-state index is 0.883. The average molecular weight is 340 g/mol. The fourth-order valence-electron chi connectivity index (χ4n) is 3.42. The molecule has 4 heteroatoms. The van der Waals surface area contributed by atoms with Crippen LogP contribution in [0.15, 0.2) is 42.5 Å². The van der Waals surface area contributed by atoms with Crippen molar-refractivity contribution in [1.82, 2.24) is 9.80 Å². The summed E-state index contributed by atoms with van der Waals surface area (Å²) in [6, 6.07) is 14.8. The van der Waals surface area contributed by atoms with Crippen molar-refractivity contribution >= 4 is 0 Å². The molecule has 1 fully saturated rings. The lowest BCUT2D eigenvalue weighted by Gasteiger charge is -2.35. The molecular formula is C21H28N2O2. The van der Waals surface area contributed by atoms with Gasteiger partial charge in [0.25, 0.3) is 0 Å². The van der Waals surface area contributed by atoms with Crippen LogP contribution < -0.4 is 9.47 Å². The minimum absolute atomic E-state index is 0.883. The van der Waals surface area contributed by atoms with Crippen molar-refractivity contribution in [3.63, 3.8) is 0 Å². The van der Waals surface area contributed by atoms with E-state index in [-0.39, 0.29) is 0 Å². The smallest absolute Gasteiger partial charge is 0.123 e. The Morgan fingerprint density at radius 2 is 1.56 bits per heavy atom. The molecule has 2 aromatic rings. The first-order chi connectivity index (χ1) is 12.2. The molecule has 0 N–H and O–H groups in total. The molecule has 2 aromatic carbocycles. The lowest BCUT2D eigenvalue weighted by atomic mass is 10.1. The molecule has 0 aliphatic carbocycles. The number of ether oxygens (including phenoxy) is 2. The van der Waals surface area contributed by atoms with Crippen LogP contribution in [0.25, 0.3) is 0 Å². The van der Waals surface area contributed by atoms with Crippen LogP contribution >= 0.6 is 0 Å². The average Bonchev–Trinajstić information content (AvgIpc) is 2.63. The zero-order valence-corrected chi connectivity index (χ0v) is 15.5. The molecule has 1 aliphatic rings. The highest BCUT2D eigenvalue weighted by atomic mass is 16.5. The van der Waals surface area contributed by atoms with Crippen LogP contribution in [-0.4, -0.2) is 50.2 Å². The summed E-state index contributed by atoms with van der Waals surface area (Å²) in [7, 11) is 3.43. The minimum Gasteiger partial charge on any atom is -0.497 e. The summed E-state index contributed by atoms with van der Waals surface area (Å²) in [4.78, 5) is 5.03. The number of benzene rings is 2. The van der Waals surface area contributed by atoms with Crippen molar-refractivity contribution in [3.05, 3.63) is 59.2 Å². The monoisotopic (exact) mass is 340 g/mol. The van der Waals surface area contributed by atoms with E-state index in [1.807, 2.05) is 12.1 Å². The number of piperazine rings is 1. The summed E-state index contributed by atoms with van der Waals surface area (Å²) in [5, 5.41) is 0. The van der Waals surface area contributed by atoms with Crippen LogP contribution in [0.5, 0.6) is 11.5 Å². The zero-order chi connectivity index (χ0) is 17.6. The van der Waals surface area contributed by atoms with Crippen molar-refractivity contribution < 1.29 is 9.47 Å². The van der Waals surface area contributed by atoms with Crippen molar-refractivity contribution in [2.24, 2.45) is 0 Å². The predicted octanol–water partition coefficient (Wildman–Crippen LogP) is 3.33. The molecule has 1 saturated heterocycles. The van der Waals surface area contributed by atoms with E-state index < -0.39 is 0 Å². The van der Waals surface area contributed by atoms with Gasteiger partial charge >= 0.3 is 0 Å². The highest BCUT2D eigenvalue weighted by Gasteiger charge is 2.18. The fraction of sp³-hybridized carbons (Fsp3) is 0.429. The number of nitrogens with zero attached hydrogens (tertiary/aromatic N) is 2. The summed E-state index contributed by atoms with van der Waals surface area (Å²) in [6.45, 7) is 8.44. The Morgan fingerprint density at radius 3 is 2.20 bits per heavy atom.